The molecule has 1 saturated heterocycles. The lowest BCUT2D eigenvalue weighted by atomic mass is 10.3. The molecule has 4 heterocycles. The predicted octanol–water partition coefficient (Wildman–Crippen LogP) is -0.333. The van der Waals surface area contributed by atoms with E-state index >= 15 is 0 Å². The van der Waals surface area contributed by atoms with Crippen LogP contribution in [0.3, 0.4) is 0 Å². The van der Waals surface area contributed by atoms with E-state index in [-0.39, 0.29) is 5.03 Å². The number of H-pyrrole nitrogens is 1. The van der Waals surface area contributed by atoms with Crippen LogP contribution in [0.25, 0.3) is 5.65 Å². The van der Waals surface area contributed by atoms with Crippen molar-refractivity contribution in [2.45, 2.75) is 11.9 Å². The molecule has 126 valence electrons. The maximum Gasteiger partial charge on any atom is 0.260 e. The van der Waals surface area contributed by atoms with Gasteiger partial charge >= 0.3 is 0 Å². The van der Waals surface area contributed by atoms with Gasteiger partial charge in [-0.15, -0.1) is 10.2 Å². The fourth-order valence-electron chi connectivity index (χ4n) is 2.82. The highest BCUT2D eigenvalue weighted by Gasteiger charge is 2.30. The molecule has 0 unspecified atom stereocenters. The number of fused-ring (bicyclic) bond motifs is 1. The quantitative estimate of drug-likeness (QED) is 0.689. The van der Waals surface area contributed by atoms with Crippen LogP contribution in [0, 0.1) is 6.92 Å². The lowest BCUT2D eigenvalue weighted by Gasteiger charge is -2.34. The molecule has 1 fully saturated rings. The van der Waals surface area contributed by atoms with Gasteiger partial charge in [-0.1, -0.05) is 0 Å². The first-order chi connectivity index (χ1) is 11.6. The fourth-order valence-corrected chi connectivity index (χ4v) is 4.13. The number of hydrogen-bond donors (Lipinski definition) is 1. The summed E-state index contributed by atoms with van der Waals surface area (Å²) in [4.78, 5) is 12.9. The summed E-state index contributed by atoms with van der Waals surface area (Å²) in [6, 6.07) is 0. The van der Waals surface area contributed by atoms with E-state index in [1.807, 2.05) is 22.4 Å². The molecule has 10 nitrogen and oxygen atoms in total. The minimum Gasteiger partial charge on any atom is -0.351 e. The normalized spacial score (nSPS) is 16.8. The lowest BCUT2D eigenvalue weighted by molar-refractivity contribution is 0.382. The van der Waals surface area contributed by atoms with Crippen LogP contribution < -0.4 is 4.90 Å². The SMILES string of the molecule is Cc1nnc2c(N3CCN(S(=O)(=O)c4cnc[nH]4)CC3)nccn12. The second kappa shape index (κ2) is 5.53. The molecule has 1 aliphatic heterocycles. The first-order valence-corrected chi connectivity index (χ1v) is 8.91. The lowest BCUT2D eigenvalue weighted by Crippen LogP contribution is -2.49. The van der Waals surface area contributed by atoms with E-state index in [2.05, 4.69) is 25.1 Å². The average Bonchev–Trinajstić information content (AvgIpc) is 3.26. The number of rotatable bonds is 3. The maximum atomic E-state index is 12.5. The molecule has 0 atom stereocenters. The number of nitrogens with one attached hydrogen (secondary N) is 1. The van der Waals surface area contributed by atoms with E-state index in [9.17, 15) is 8.42 Å². The Labute approximate surface area is 138 Å². The Hall–Kier alpha value is -2.53. The molecular formula is C13H16N8O2S. The van der Waals surface area contributed by atoms with Crippen LogP contribution >= 0.6 is 0 Å². The van der Waals surface area contributed by atoms with Gasteiger partial charge in [0.25, 0.3) is 10.0 Å². The molecule has 11 heteroatoms. The molecular weight excluding hydrogens is 332 g/mol. The molecule has 4 rings (SSSR count). The highest BCUT2D eigenvalue weighted by atomic mass is 32.2. The number of piperazine rings is 1. The number of aromatic nitrogens is 6. The first-order valence-electron chi connectivity index (χ1n) is 7.47. The van der Waals surface area contributed by atoms with Crippen molar-refractivity contribution in [3.8, 4) is 0 Å². The Morgan fingerprint density at radius 1 is 1.17 bits per heavy atom. The summed E-state index contributed by atoms with van der Waals surface area (Å²) in [6.45, 7) is 3.69. The zero-order chi connectivity index (χ0) is 16.7. The Morgan fingerprint density at radius 3 is 2.67 bits per heavy atom. The van der Waals surface area contributed by atoms with Crippen LogP contribution in [0.4, 0.5) is 5.82 Å². The molecule has 0 spiro atoms. The third-order valence-electron chi connectivity index (χ3n) is 4.11. The van der Waals surface area contributed by atoms with E-state index < -0.39 is 10.0 Å². The van der Waals surface area contributed by atoms with Gasteiger partial charge in [0.2, 0.25) is 5.65 Å². The van der Waals surface area contributed by atoms with Crippen molar-refractivity contribution in [1.82, 2.24) is 33.9 Å². The van der Waals surface area contributed by atoms with Gasteiger partial charge in [0.05, 0.1) is 12.5 Å². The Morgan fingerprint density at radius 2 is 1.96 bits per heavy atom. The standard InChI is InChI=1S/C13H16N8O2S/c1-10-17-18-13-12(15-2-3-21(10)13)19-4-6-20(7-5-19)24(22,23)11-8-14-9-16-11/h2-3,8-9H,4-7H2,1H3,(H,14,16). The summed E-state index contributed by atoms with van der Waals surface area (Å²) in [5.74, 6) is 1.51. The number of aromatic amines is 1. The van der Waals surface area contributed by atoms with Gasteiger partial charge in [-0.25, -0.2) is 18.4 Å². The Balaban J connectivity index is 1.56. The van der Waals surface area contributed by atoms with Crippen molar-refractivity contribution in [1.29, 1.82) is 0 Å². The highest BCUT2D eigenvalue weighted by Crippen LogP contribution is 2.21. The van der Waals surface area contributed by atoms with Crippen LogP contribution in [0.2, 0.25) is 0 Å². The molecule has 0 amide bonds. The predicted molar refractivity (Wildman–Crippen MR) is 85.1 cm³/mol. The molecule has 0 aromatic carbocycles. The van der Waals surface area contributed by atoms with E-state index in [1.165, 1.54) is 16.8 Å². The third kappa shape index (κ3) is 2.32. The Bertz CT molecular complexity index is 957. The number of sulfonamides is 1. The molecule has 3 aromatic rings. The van der Waals surface area contributed by atoms with E-state index in [1.54, 1.807) is 6.20 Å². The van der Waals surface area contributed by atoms with E-state index in [0.717, 1.165) is 11.6 Å². The minimum absolute atomic E-state index is 0.115. The van der Waals surface area contributed by atoms with Crippen molar-refractivity contribution >= 4 is 21.5 Å². The monoisotopic (exact) mass is 348 g/mol. The zero-order valence-corrected chi connectivity index (χ0v) is 13.8. The van der Waals surface area contributed by atoms with Gasteiger partial charge in [0.1, 0.15) is 5.82 Å². The van der Waals surface area contributed by atoms with Gasteiger partial charge in [-0.2, -0.15) is 4.31 Å². The van der Waals surface area contributed by atoms with Gasteiger partial charge in [-0.05, 0) is 6.92 Å². The zero-order valence-electron chi connectivity index (χ0n) is 13.0. The van der Waals surface area contributed by atoms with Gasteiger partial charge in [-0.3, -0.25) is 4.40 Å². The van der Waals surface area contributed by atoms with Crippen molar-refractivity contribution in [3.05, 3.63) is 30.7 Å². The fraction of sp³-hybridized carbons (Fsp3) is 0.385. The van der Waals surface area contributed by atoms with Gasteiger partial charge < -0.3 is 9.88 Å². The first kappa shape index (κ1) is 15.0. The summed E-state index contributed by atoms with van der Waals surface area (Å²) in [5, 5.41) is 8.35. The van der Waals surface area contributed by atoms with Crippen molar-refractivity contribution < 1.29 is 8.42 Å². The molecule has 1 N–H and O–H groups in total. The molecule has 0 radical (unpaired) electrons. The molecule has 24 heavy (non-hydrogen) atoms. The van der Waals surface area contributed by atoms with Crippen molar-refractivity contribution in [3.63, 3.8) is 0 Å². The summed E-state index contributed by atoms with van der Waals surface area (Å²) >= 11 is 0. The van der Waals surface area contributed by atoms with Gasteiger partial charge in [0.15, 0.2) is 10.8 Å². The van der Waals surface area contributed by atoms with Crippen LogP contribution in [0.5, 0.6) is 0 Å². The molecule has 1 aliphatic rings. The maximum absolute atomic E-state index is 12.5. The molecule has 3 aromatic heterocycles. The van der Waals surface area contributed by atoms with Gasteiger partial charge in [0, 0.05) is 38.6 Å². The van der Waals surface area contributed by atoms with E-state index in [4.69, 9.17) is 0 Å². The number of aryl methyl sites for hydroxylation is 1. The summed E-state index contributed by atoms with van der Waals surface area (Å²) in [6.07, 6.45) is 6.20. The topological polar surface area (TPSA) is 112 Å². The largest absolute Gasteiger partial charge is 0.351 e. The van der Waals surface area contributed by atoms with Crippen LogP contribution in [-0.2, 0) is 10.0 Å². The molecule has 0 aliphatic carbocycles. The third-order valence-corrected chi connectivity index (χ3v) is 5.93. The average molecular weight is 348 g/mol. The number of hydrogen-bond acceptors (Lipinski definition) is 7. The highest BCUT2D eigenvalue weighted by molar-refractivity contribution is 7.89. The van der Waals surface area contributed by atoms with Crippen molar-refractivity contribution in [2.75, 3.05) is 31.1 Å². The summed E-state index contributed by atoms with van der Waals surface area (Å²) in [5.41, 5.74) is 0.680. The second-order valence-corrected chi connectivity index (χ2v) is 7.41. The van der Waals surface area contributed by atoms with Crippen molar-refractivity contribution in [2.24, 2.45) is 0 Å². The van der Waals surface area contributed by atoms with E-state index in [0.29, 0.717) is 31.8 Å². The number of anilines is 1. The number of nitrogens with zero attached hydrogens (tertiary/aromatic N) is 7. The Kier molecular flexibility index (Phi) is 3.46. The summed E-state index contributed by atoms with van der Waals surface area (Å²) in [7, 11) is -3.53. The summed E-state index contributed by atoms with van der Waals surface area (Å²) < 4.78 is 28.3. The van der Waals surface area contributed by atoms with Crippen LogP contribution in [0.1, 0.15) is 5.82 Å². The molecule has 0 saturated carbocycles. The second-order valence-electron chi connectivity index (χ2n) is 5.50. The van der Waals surface area contributed by atoms with Crippen LogP contribution in [-0.4, -0.2) is 68.5 Å². The molecule has 0 bridgehead atoms. The van der Waals surface area contributed by atoms with Crippen LogP contribution in [0.15, 0.2) is 29.9 Å². The smallest absolute Gasteiger partial charge is 0.260 e. The number of imidazole rings is 1. The minimum atomic E-state index is -3.53.